The van der Waals surface area contributed by atoms with Gasteiger partial charge in [-0.25, -0.2) is 0 Å². The number of amides is 1. The van der Waals surface area contributed by atoms with E-state index in [1.54, 1.807) is 26.1 Å². The number of benzene rings is 1. The minimum atomic E-state index is -0.519. The first-order valence-electron chi connectivity index (χ1n) is 4.74. The molecule has 16 heavy (non-hydrogen) atoms. The number of carbonyl (C=O) groups excluding carboxylic acids is 1. The number of likely N-dealkylation sites (N-methyl/N-ethyl adjacent to an activating group) is 1. The maximum Gasteiger partial charge on any atom is 0.292 e. The SMILES string of the molecule is CNCC(=O)Nc1cc(C)ccc1[N+](=O)[O-]. The summed E-state index contributed by atoms with van der Waals surface area (Å²) in [5.74, 6) is -0.309. The monoisotopic (exact) mass is 223 g/mol. The fourth-order valence-electron chi connectivity index (χ4n) is 1.26. The molecule has 1 amide bonds. The molecule has 0 bridgehead atoms. The van der Waals surface area contributed by atoms with Crippen molar-refractivity contribution in [2.24, 2.45) is 0 Å². The number of nitrogens with one attached hydrogen (secondary N) is 2. The number of nitro benzene ring substituents is 1. The van der Waals surface area contributed by atoms with Crippen LogP contribution in [0.15, 0.2) is 18.2 Å². The molecule has 0 aromatic heterocycles. The van der Waals surface area contributed by atoms with Crippen LogP contribution < -0.4 is 10.6 Å². The van der Waals surface area contributed by atoms with Crippen LogP contribution in [0.5, 0.6) is 0 Å². The second kappa shape index (κ2) is 5.22. The Hall–Kier alpha value is -1.95. The second-order valence-corrected chi connectivity index (χ2v) is 3.36. The summed E-state index contributed by atoms with van der Waals surface area (Å²) < 4.78 is 0. The molecule has 0 unspecified atom stereocenters. The van der Waals surface area contributed by atoms with E-state index < -0.39 is 4.92 Å². The molecule has 0 aliphatic heterocycles. The van der Waals surface area contributed by atoms with E-state index in [4.69, 9.17) is 0 Å². The van der Waals surface area contributed by atoms with Gasteiger partial charge in [0.2, 0.25) is 5.91 Å². The number of nitro groups is 1. The van der Waals surface area contributed by atoms with Gasteiger partial charge in [-0.3, -0.25) is 14.9 Å². The van der Waals surface area contributed by atoms with Crippen molar-refractivity contribution < 1.29 is 9.72 Å². The normalized spacial score (nSPS) is 9.88. The van der Waals surface area contributed by atoms with Crippen molar-refractivity contribution in [3.63, 3.8) is 0 Å². The number of rotatable bonds is 4. The lowest BCUT2D eigenvalue weighted by Crippen LogP contribution is -2.25. The highest BCUT2D eigenvalue weighted by molar-refractivity contribution is 5.94. The molecule has 0 aliphatic carbocycles. The molecule has 1 aromatic rings. The van der Waals surface area contributed by atoms with E-state index in [2.05, 4.69) is 10.6 Å². The molecular formula is C10H13N3O3. The Morgan fingerprint density at radius 3 is 2.75 bits per heavy atom. The predicted molar refractivity (Wildman–Crippen MR) is 60.4 cm³/mol. The largest absolute Gasteiger partial charge is 0.319 e. The van der Waals surface area contributed by atoms with Gasteiger partial charge >= 0.3 is 0 Å². The van der Waals surface area contributed by atoms with E-state index in [9.17, 15) is 14.9 Å². The zero-order valence-corrected chi connectivity index (χ0v) is 9.11. The summed E-state index contributed by atoms with van der Waals surface area (Å²) in [6, 6.07) is 4.59. The molecule has 1 rings (SSSR count). The number of aryl methyl sites for hydroxylation is 1. The molecule has 2 N–H and O–H groups in total. The van der Waals surface area contributed by atoms with Crippen molar-refractivity contribution in [1.82, 2.24) is 5.32 Å². The summed E-state index contributed by atoms with van der Waals surface area (Å²) in [5, 5.41) is 15.9. The number of carbonyl (C=O) groups is 1. The lowest BCUT2D eigenvalue weighted by atomic mass is 10.2. The molecule has 6 heteroatoms. The molecule has 0 saturated heterocycles. The van der Waals surface area contributed by atoms with Crippen molar-refractivity contribution in [2.75, 3.05) is 18.9 Å². The van der Waals surface area contributed by atoms with Gasteiger partial charge in [0.15, 0.2) is 0 Å². The van der Waals surface area contributed by atoms with E-state index in [1.165, 1.54) is 6.07 Å². The summed E-state index contributed by atoms with van der Waals surface area (Å²) in [4.78, 5) is 21.5. The number of hydrogen-bond donors (Lipinski definition) is 2. The van der Waals surface area contributed by atoms with E-state index >= 15 is 0 Å². The smallest absolute Gasteiger partial charge is 0.292 e. The average Bonchev–Trinajstić information content (AvgIpc) is 2.17. The summed E-state index contributed by atoms with van der Waals surface area (Å²) >= 11 is 0. The van der Waals surface area contributed by atoms with Gasteiger partial charge in [0.1, 0.15) is 5.69 Å². The Morgan fingerprint density at radius 1 is 1.50 bits per heavy atom. The molecule has 86 valence electrons. The van der Waals surface area contributed by atoms with Gasteiger partial charge in [-0.2, -0.15) is 0 Å². The van der Waals surface area contributed by atoms with Crippen LogP contribution in [-0.2, 0) is 4.79 Å². The van der Waals surface area contributed by atoms with Gasteiger partial charge in [0.25, 0.3) is 5.69 Å². The van der Waals surface area contributed by atoms with E-state index in [0.29, 0.717) is 0 Å². The number of nitrogens with zero attached hydrogens (tertiary/aromatic N) is 1. The quantitative estimate of drug-likeness (QED) is 0.590. The van der Waals surface area contributed by atoms with E-state index in [-0.39, 0.29) is 23.8 Å². The highest BCUT2D eigenvalue weighted by atomic mass is 16.6. The first-order valence-corrected chi connectivity index (χ1v) is 4.74. The summed E-state index contributed by atoms with van der Waals surface area (Å²) in [5.41, 5.74) is 0.977. The van der Waals surface area contributed by atoms with Crippen LogP contribution in [-0.4, -0.2) is 24.4 Å². The zero-order chi connectivity index (χ0) is 12.1. The van der Waals surface area contributed by atoms with Gasteiger partial charge in [0, 0.05) is 6.07 Å². The van der Waals surface area contributed by atoms with Gasteiger partial charge in [-0.15, -0.1) is 0 Å². The second-order valence-electron chi connectivity index (χ2n) is 3.36. The average molecular weight is 223 g/mol. The summed E-state index contributed by atoms with van der Waals surface area (Å²) in [6.07, 6.45) is 0. The zero-order valence-electron chi connectivity index (χ0n) is 9.11. The Labute approximate surface area is 92.8 Å². The van der Waals surface area contributed by atoms with Crippen molar-refractivity contribution in [3.05, 3.63) is 33.9 Å². The predicted octanol–water partition coefficient (Wildman–Crippen LogP) is 1.06. The first kappa shape index (κ1) is 12.1. The van der Waals surface area contributed by atoms with Crippen molar-refractivity contribution in [2.45, 2.75) is 6.92 Å². The van der Waals surface area contributed by atoms with Crippen molar-refractivity contribution in [3.8, 4) is 0 Å². The molecule has 0 fully saturated rings. The van der Waals surface area contributed by atoms with Crippen LogP contribution in [0.2, 0.25) is 0 Å². The van der Waals surface area contributed by atoms with Crippen molar-refractivity contribution >= 4 is 17.3 Å². The molecule has 0 heterocycles. The topological polar surface area (TPSA) is 84.3 Å². The lowest BCUT2D eigenvalue weighted by Gasteiger charge is -2.06. The maximum absolute atomic E-state index is 11.3. The van der Waals surface area contributed by atoms with E-state index in [1.807, 2.05) is 0 Å². The standard InChI is InChI=1S/C10H13N3O3/c1-7-3-4-9(13(15)16)8(5-7)12-10(14)6-11-2/h3-5,11H,6H2,1-2H3,(H,12,14). The Kier molecular flexibility index (Phi) is 3.96. The summed E-state index contributed by atoms with van der Waals surface area (Å²) in [6.45, 7) is 1.92. The van der Waals surface area contributed by atoms with Gasteiger partial charge < -0.3 is 10.6 Å². The first-order chi connectivity index (χ1) is 7.54. The van der Waals surface area contributed by atoms with Crippen LogP contribution >= 0.6 is 0 Å². The lowest BCUT2D eigenvalue weighted by molar-refractivity contribution is -0.383. The summed E-state index contributed by atoms with van der Waals surface area (Å²) in [7, 11) is 1.63. The highest BCUT2D eigenvalue weighted by Crippen LogP contribution is 2.24. The molecule has 0 atom stereocenters. The Morgan fingerprint density at radius 2 is 2.19 bits per heavy atom. The minimum Gasteiger partial charge on any atom is -0.319 e. The molecular weight excluding hydrogens is 210 g/mol. The van der Waals surface area contributed by atoms with E-state index in [0.717, 1.165) is 5.56 Å². The third kappa shape index (κ3) is 3.03. The third-order valence-electron chi connectivity index (χ3n) is 1.96. The minimum absolute atomic E-state index is 0.102. The Balaban J connectivity index is 2.96. The van der Waals surface area contributed by atoms with Crippen LogP contribution in [0.4, 0.5) is 11.4 Å². The fraction of sp³-hybridized carbons (Fsp3) is 0.300. The maximum atomic E-state index is 11.3. The molecule has 0 spiro atoms. The van der Waals surface area contributed by atoms with Crippen LogP contribution in [0, 0.1) is 17.0 Å². The van der Waals surface area contributed by atoms with Gasteiger partial charge in [-0.1, -0.05) is 6.07 Å². The molecule has 0 radical (unpaired) electrons. The number of anilines is 1. The fourth-order valence-corrected chi connectivity index (χ4v) is 1.26. The molecule has 0 aliphatic rings. The van der Waals surface area contributed by atoms with Gasteiger partial charge in [0.05, 0.1) is 11.5 Å². The third-order valence-corrected chi connectivity index (χ3v) is 1.96. The van der Waals surface area contributed by atoms with Crippen molar-refractivity contribution in [1.29, 1.82) is 0 Å². The van der Waals surface area contributed by atoms with Crippen LogP contribution in [0.3, 0.4) is 0 Å². The molecule has 0 saturated carbocycles. The highest BCUT2D eigenvalue weighted by Gasteiger charge is 2.15. The van der Waals surface area contributed by atoms with Crippen LogP contribution in [0.25, 0.3) is 0 Å². The number of hydrogen-bond acceptors (Lipinski definition) is 4. The van der Waals surface area contributed by atoms with Gasteiger partial charge in [-0.05, 0) is 25.6 Å². The molecule has 6 nitrogen and oxygen atoms in total. The van der Waals surface area contributed by atoms with Crippen LogP contribution in [0.1, 0.15) is 5.56 Å². The Bertz CT molecular complexity index is 418. The molecule has 1 aromatic carbocycles.